The highest BCUT2D eigenvalue weighted by Gasteiger charge is 2.29. The third-order valence-corrected chi connectivity index (χ3v) is 5.96. The van der Waals surface area contributed by atoms with Crippen LogP contribution < -0.4 is 9.64 Å². The molecule has 1 fully saturated rings. The van der Waals surface area contributed by atoms with E-state index < -0.39 is 0 Å². The van der Waals surface area contributed by atoms with Crippen LogP contribution in [0.5, 0.6) is 11.6 Å². The first-order chi connectivity index (χ1) is 14.9. The van der Waals surface area contributed by atoms with E-state index in [4.69, 9.17) is 27.9 Å². The van der Waals surface area contributed by atoms with Crippen molar-refractivity contribution in [1.29, 1.82) is 0 Å². The summed E-state index contributed by atoms with van der Waals surface area (Å²) in [6.07, 6.45) is 1.50. The van der Waals surface area contributed by atoms with Gasteiger partial charge in [0.1, 0.15) is 17.9 Å². The number of amides is 1. The van der Waals surface area contributed by atoms with Gasteiger partial charge in [-0.1, -0.05) is 35.3 Å². The number of piperazine rings is 1. The predicted octanol–water partition coefficient (Wildman–Crippen LogP) is 5.24. The molecule has 0 saturated carbocycles. The SMILES string of the molecule is Cc1cccc(Oc2cc(N3CCN(C(=O)c4ccc(Cl)c(Cl)c4)C(C)C3)ncn2)c1. The molecule has 31 heavy (non-hydrogen) atoms. The third kappa shape index (κ3) is 4.92. The van der Waals surface area contributed by atoms with Crippen LogP contribution in [0.1, 0.15) is 22.8 Å². The Morgan fingerprint density at radius 2 is 1.90 bits per heavy atom. The van der Waals surface area contributed by atoms with Gasteiger partial charge in [0.25, 0.3) is 5.91 Å². The number of rotatable bonds is 4. The maximum atomic E-state index is 13.0. The molecule has 6 nitrogen and oxygen atoms in total. The zero-order chi connectivity index (χ0) is 22.0. The van der Waals surface area contributed by atoms with Crippen LogP contribution in [0, 0.1) is 6.92 Å². The molecule has 0 radical (unpaired) electrons. The van der Waals surface area contributed by atoms with E-state index >= 15 is 0 Å². The monoisotopic (exact) mass is 456 g/mol. The summed E-state index contributed by atoms with van der Waals surface area (Å²) >= 11 is 12.1. The van der Waals surface area contributed by atoms with Crippen molar-refractivity contribution in [3.63, 3.8) is 0 Å². The molecule has 1 aliphatic rings. The van der Waals surface area contributed by atoms with Gasteiger partial charge in [0.2, 0.25) is 5.88 Å². The Morgan fingerprint density at radius 3 is 2.65 bits per heavy atom. The summed E-state index contributed by atoms with van der Waals surface area (Å²) in [6, 6.07) is 14.6. The molecular weight excluding hydrogens is 435 g/mol. The van der Waals surface area contributed by atoms with Crippen molar-refractivity contribution in [3.8, 4) is 11.6 Å². The molecule has 1 saturated heterocycles. The number of carbonyl (C=O) groups excluding carboxylic acids is 1. The molecule has 1 aliphatic heterocycles. The molecule has 0 bridgehead atoms. The number of ether oxygens (including phenoxy) is 1. The number of hydrogen-bond acceptors (Lipinski definition) is 5. The fraction of sp³-hybridized carbons (Fsp3) is 0.261. The Morgan fingerprint density at radius 1 is 1.06 bits per heavy atom. The largest absolute Gasteiger partial charge is 0.439 e. The highest BCUT2D eigenvalue weighted by Crippen LogP contribution is 2.26. The minimum atomic E-state index is -0.0585. The van der Waals surface area contributed by atoms with Gasteiger partial charge >= 0.3 is 0 Å². The van der Waals surface area contributed by atoms with Gasteiger partial charge in [0, 0.05) is 37.3 Å². The van der Waals surface area contributed by atoms with Crippen molar-refractivity contribution in [1.82, 2.24) is 14.9 Å². The lowest BCUT2D eigenvalue weighted by molar-refractivity contribution is 0.0673. The highest BCUT2D eigenvalue weighted by atomic mass is 35.5. The summed E-state index contributed by atoms with van der Waals surface area (Å²) in [6.45, 7) is 5.90. The van der Waals surface area contributed by atoms with E-state index in [1.165, 1.54) is 6.33 Å². The van der Waals surface area contributed by atoms with E-state index in [1.54, 1.807) is 18.2 Å². The predicted molar refractivity (Wildman–Crippen MR) is 122 cm³/mol. The van der Waals surface area contributed by atoms with E-state index in [0.29, 0.717) is 41.1 Å². The van der Waals surface area contributed by atoms with Gasteiger partial charge in [0.05, 0.1) is 10.0 Å². The molecule has 2 aromatic carbocycles. The second-order valence-electron chi connectivity index (χ2n) is 7.56. The van der Waals surface area contributed by atoms with Crippen LogP contribution in [0.4, 0.5) is 5.82 Å². The van der Waals surface area contributed by atoms with Crippen LogP contribution >= 0.6 is 23.2 Å². The fourth-order valence-corrected chi connectivity index (χ4v) is 3.92. The number of aryl methyl sites for hydroxylation is 1. The minimum absolute atomic E-state index is 0.00758. The van der Waals surface area contributed by atoms with Gasteiger partial charge in [-0.05, 0) is 49.7 Å². The first-order valence-corrected chi connectivity index (χ1v) is 10.7. The summed E-state index contributed by atoms with van der Waals surface area (Å²) < 4.78 is 5.89. The number of anilines is 1. The molecule has 2 heterocycles. The van der Waals surface area contributed by atoms with Crippen LogP contribution in [-0.2, 0) is 0 Å². The van der Waals surface area contributed by atoms with E-state index in [0.717, 1.165) is 17.1 Å². The van der Waals surface area contributed by atoms with Crippen LogP contribution in [0.3, 0.4) is 0 Å². The molecule has 160 valence electrons. The molecule has 8 heteroatoms. The summed E-state index contributed by atoms with van der Waals surface area (Å²) in [5.41, 5.74) is 1.65. The van der Waals surface area contributed by atoms with E-state index in [1.807, 2.05) is 49.1 Å². The second-order valence-corrected chi connectivity index (χ2v) is 8.37. The molecule has 0 N–H and O–H groups in total. The Balaban J connectivity index is 1.45. The minimum Gasteiger partial charge on any atom is -0.439 e. The third-order valence-electron chi connectivity index (χ3n) is 5.22. The first kappa shape index (κ1) is 21.4. The van der Waals surface area contributed by atoms with Crippen molar-refractivity contribution < 1.29 is 9.53 Å². The van der Waals surface area contributed by atoms with E-state index in [-0.39, 0.29) is 11.9 Å². The lowest BCUT2D eigenvalue weighted by Gasteiger charge is -2.40. The molecule has 1 unspecified atom stereocenters. The lowest BCUT2D eigenvalue weighted by Crippen LogP contribution is -2.54. The summed E-state index contributed by atoms with van der Waals surface area (Å²) in [5.74, 6) is 1.93. The van der Waals surface area contributed by atoms with Crippen molar-refractivity contribution >= 4 is 34.9 Å². The average molecular weight is 457 g/mol. The van der Waals surface area contributed by atoms with Crippen LogP contribution in [0.2, 0.25) is 10.0 Å². The number of hydrogen-bond donors (Lipinski definition) is 0. The van der Waals surface area contributed by atoms with Crippen LogP contribution in [0.25, 0.3) is 0 Å². The maximum Gasteiger partial charge on any atom is 0.254 e. The quantitative estimate of drug-likeness (QED) is 0.537. The maximum absolute atomic E-state index is 13.0. The smallest absolute Gasteiger partial charge is 0.254 e. The number of aromatic nitrogens is 2. The van der Waals surface area contributed by atoms with Crippen molar-refractivity contribution in [2.45, 2.75) is 19.9 Å². The van der Waals surface area contributed by atoms with Gasteiger partial charge in [-0.3, -0.25) is 4.79 Å². The van der Waals surface area contributed by atoms with Crippen LogP contribution in [-0.4, -0.2) is 46.5 Å². The fourth-order valence-electron chi connectivity index (χ4n) is 3.62. The van der Waals surface area contributed by atoms with E-state index in [2.05, 4.69) is 14.9 Å². The molecule has 3 aromatic rings. The summed E-state index contributed by atoms with van der Waals surface area (Å²) in [5, 5.41) is 0.810. The first-order valence-electron chi connectivity index (χ1n) is 9.98. The molecule has 1 aromatic heterocycles. The lowest BCUT2D eigenvalue weighted by atomic mass is 10.1. The van der Waals surface area contributed by atoms with Gasteiger partial charge in [-0.25, -0.2) is 9.97 Å². The van der Waals surface area contributed by atoms with Gasteiger partial charge in [-0.2, -0.15) is 0 Å². The standard InChI is InChI=1S/C23H22Cl2N4O2/c1-15-4-3-5-18(10-15)31-22-12-21(26-14-27-22)28-8-9-29(16(2)13-28)23(30)17-6-7-19(24)20(25)11-17/h3-7,10-12,14,16H,8-9,13H2,1-2H3. The topological polar surface area (TPSA) is 58.6 Å². The van der Waals surface area contributed by atoms with Gasteiger partial charge in [0.15, 0.2) is 0 Å². The zero-order valence-electron chi connectivity index (χ0n) is 17.3. The zero-order valence-corrected chi connectivity index (χ0v) is 18.8. The van der Waals surface area contributed by atoms with E-state index in [9.17, 15) is 4.79 Å². The van der Waals surface area contributed by atoms with Crippen LogP contribution in [0.15, 0.2) is 54.9 Å². The molecule has 4 rings (SSSR count). The number of carbonyl (C=O) groups is 1. The normalized spacial score (nSPS) is 16.3. The summed E-state index contributed by atoms with van der Waals surface area (Å²) in [7, 11) is 0. The Kier molecular flexibility index (Phi) is 6.30. The molecular formula is C23H22Cl2N4O2. The highest BCUT2D eigenvalue weighted by molar-refractivity contribution is 6.42. The molecule has 0 aliphatic carbocycles. The summed E-state index contributed by atoms with van der Waals surface area (Å²) in [4.78, 5) is 25.6. The number of benzene rings is 2. The van der Waals surface area contributed by atoms with Crippen molar-refractivity contribution in [2.75, 3.05) is 24.5 Å². The number of halogens is 2. The second kappa shape index (κ2) is 9.12. The average Bonchev–Trinajstić information content (AvgIpc) is 2.75. The Hall–Kier alpha value is -2.83. The van der Waals surface area contributed by atoms with Crippen molar-refractivity contribution in [3.05, 3.63) is 76.0 Å². The molecule has 1 atom stereocenters. The van der Waals surface area contributed by atoms with Gasteiger partial charge < -0.3 is 14.5 Å². The Bertz CT molecular complexity index is 1110. The van der Waals surface area contributed by atoms with Crippen molar-refractivity contribution in [2.24, 2.45) is 0 Å². The number of nitrogens with zero attached hydrogens (tertiary/aromatic N) is 4. The molecule has 0 spiro atoms. The molecule has 1 amide bonds. The Labute approximate surface area is 191 Å². The van der Waals surface area contributed by atoms with Gasteiger partial charge in [-0.15, -0.1) is 0 Å².